The number of H-pyrrole nitrogens is 1. The van der Waals surface area contributed by atoms with Gasteiger partial charge >= 0.3 is 0 Å². The molecule has 0 aromatic carbocycles. The molecular weight excluding hydrogens is 357 g/mol. The highest BCUT2D eigenvalue weighted by Gasteiger charge is 2.33. The van der Waals surface area contributed by atoms with Crippen LogP contribution in [0, 0.1) is 0 Å². The minimum atomic E-state index is -1.36. The molecule has 1 aromatic heterocycles. The second-order valence-electron chi connectivity index (χ2n) is 2.27. The van der Waals surface area contributed by atoms with E-state index in [-0.39, 0.29) is 18.0 Å². The lowest BCUT2D eigenvalue weighted by Gasteiger charge is -2.17. The fourth-order valence-electron chi connectivity index (χ4n) is 0.526. The molecule has 0 amide bonds. The second kappa shape index (κ2) is 7.46. The summed E-state index contributed by atoms with van der Waals surface area (Å²) >= 11 is 22.7. The zero-order valence-electron chi connectivity index (χ0n) is 7.32. The lowest BCUT2D eigenvalue weighted by atomic mass is 10.7. The molecule has 0 radical (unpaired) electrons. The van der Waals surface area contributed by atoms with Gasteiger partial charge in [0.2, 0.25) is 3.67 Å². The predicted octanol–water partition coefficient (Wildman–Crippen LogP) is 3.87. The summed E-state index contributed by atoms with van der Waals surface area (Å²) in [4.78, 5) is 16.3. The Balaban J connectivity index is 0.00000225. The first-order valence-electron chi connectivity index (χ1n) is 3.49. The Morgan fingerprint density at radius 1 is 1.44 bits per heavy atom. The maximum Gasteiger partial charge on any atom is 0.251 e. The van der Waals surface area contributed by atoms with Crippen molar-refractivity contribution < 1.29 is 0 Å². The number of aromatic amines is 1. The van der Waals surface area contributed by atoms with Gasteiger partial charge in [0.1, 0.15) is 0 Å². The van der Waals surface area contributed by atoms with Gasteiger partial charge in [0.15, 0.2) is 9.99 Å². The molecule has 0 aliphatic carbocycles. The van der Waals surface area contributed by atoms with Gasteiger partial charge < -0.3 is 4.98 Å². The molecule has 1 aromatic rings. The number of halogens is 5. The Morgan fingerprint density at radius 2 is 2.06 bits per heavy atom. The van der Waals surface area contributed by atoms with Crippen LogP contribution in [-0.2, 0) is 0 Å². The zero-order valence-corrected chi connectivity index (χ0v) is 12.8. The molecule has 0 aliphatic rings. The van der Waals surface area contributed by atoms with Crippen LogP contribution in [0.1, 0.15) is 0 Å². The average molecular weight is 363 g/mol. The van der Waals surface area contributed by atoms with E-state index in [9.17, 15) is 4.79 Å². The van der Waals surface area contributed by atoms with Gasteiger partial charge in [0, 0.05) is 12.3 Å². The van der Waals surface area contributed by atoms with Gasteiger partial charge in [-0.25, -0.2) is 4.98 Å². The maximum atomic E-state index is 10.9. The normalized spacial score (nSPS) is 11.3. The van der Waals surface area contributed by atoms with Gasteiger partial charge in [-0.2, -0.15) is 0 Å². The van der Waals surface area contributed by atoms with Gasteiger partial charge in [-0.15, -0.1) is 35.6 Å². The molecule has 0 saturated heterocycles. The van der Waals surface area contributed by atoms with Crippen LogP contribution in [0.3, 0.4) is 0 Å². The topological polar surface area (TPSA) is 45.8 Å². The highest BCUT2D eigenvalue weighted by Crippen LogP contribution is 2.49. The Labute approximate surface area is 126 Å². The van der Waals surface area contributed by atoms with Gasteiger partial charge in [0.25, 0.3) is 5.56 Å². The van der Waals surface area contributed by atoms with E-state index in [1.807, 2.05) is 0 Å². The highest BCUT2D eigenvalue weighted by atomic mass is 35.5. The first-order valence-corrected chi connectivity index (χ1v) is 7.26. The minimum Gasteiger partial charge on any atom is -0.301 e. The standard InChI is InChI=1S/C6H4Cl4N2OS2.ClH/c7-4(8)6(9,10)15-14-5-11-2-1-3(13)12-5;/h1-2,4H,(H,11,12,13);1H. The fraction of sp³-hybridized carbons (Fsp3) is 0.333. The Bertz CT molecular complexity index is 385. The lowest BCUT2D eigenvalue weighted by Crippen LogP contribution is -2.15. The van der Waals surface area contributed by atoms with E-state index in [1.54, 1.807) is 0 Å². The summed E-state index contributed by atoms with van der Waals surface area (Å²) in [5, 5.41) is 0.382. The summed E-state index contributed by atoms with van der Waals surface area (Å²) in [5.41, 5.74) is -0.254. The maximum absolute atomic E-state index is 10.9. The predicted molar refractivity (Wildman–Crippen MR) is 75.5 cm³/mol. The van der Waals surface area contributed by atoms with Crippen molar-refractivity contribution in [3.63, 3.8) is 0 Å². The molecule has 1 heterocycles. The molecule has 16 heavy (non-hydrogen) atoms. The van der Waals surface area contributed by atoms with E-state index < -0.39 is 8.50 Å². The van der Waals surface area contributed by atoms with Crippen molar-refractivity contribution >= 4 is 80.4 Å². The zero-order chi connectivity index (χ0) is 11.5. The minimum absolute atomic E-state index is 0. The fourth-order valence-corrected chi connectivity index (χ4v) is 3.30. The molecule has 0 aliphatic heterocycles. The largest absolute Gasteiger partial charge is 0.301 e. The summed E-state index contributed by atoms with van der Waals surface area (Å²) in [6.07, 6.45) is 1.38. The average Bonchev–Trinajstić information content (AvgIpc) is 2.15. The Morgan fingerprint density at radius 3 is 2.56 bits per heavy atom. The molecule has 10 heteroatoms. The van der Waals surface area contributed by atoms with Gasteiger partial charge in [-0.1, -0.05) is 23.2 Å². The number of aromatic nitrogens is 2. The molecule has 92 valence electrons. The van der Waals surface area contributed by atoms with Crippen molar-refractivity contribution in [2.75, 3.05) is 0 Å². The van der Waals surface area contributed by atoms with Crippen molar-refractivity contribution in [2.24, 2.45) is 0 Å². The SMILES string of the molecule is Cl.O=c1ccnc(SSC(Cl)(Cl)C(Cl)Cl)[nH]1. The second-order valence-corrected chi connectivity index (χ2v) is 7.56. The molecule has 1 N–H and O–H groups in total. The van der Waals surface area contributed by atoms with Crippen LogP contribution in [0.5, 0.6) is 0 Å². The molecule has 0 bridgehead atoms. The number of hydrogen-bond acceptors (Lipinski definition) is 4. The van der Waals surface area contributed by atoms with Crippen molar-refractivity contribution in [3.05, 3.63) is 22.6 Å². The highest BCUT2D eigenvalue weighted by molar-refractivity contribution is 8.77. The van der Waals surface area contributed by atoms with Gasteiger partial charge in [-0.3, -0.25) is 4.79 Å². The summed E-state index contributed by atoms with van der Waals surface area (Å²) in [7, 11) is 2.09. The quantitative estimate of drug-likeness (QED) is 0.502. The van der Waals surface area contributed by atoms with Crippen LogP contribution in [0.4, 0.5) is 0 Å². The molecule has 0 spiro atoms. The third-order valence-electron chi connectivity index (χ3n) is 1.13. The van der Waals surface area contributed by atoms with E-state index in [2.05, 4.69) is 9.97 Å². The van der Waals surface area contributed by atoms with E-state index in [1.165, 1.54) is 12.3 Å². The van der Waals surface area contributed by atoms with E-state index in [4.69, 9.17) is 46.4 Å². The third-order valence-corrected chi connectivity index (χ3v) is 6.36. The Kier molecular flexibility index (Phi) is 7.94. The van der Waals surface area contributed by atoms with Crippen LogP contribution >= 0.6 is 80.4 Å². The van der Waals surface area contributed by atoms with E-state index in [0.717, 1.165) is 21.6 Å². The van der Waals surface area contributed by atoms with Crippen molar-refractivity contribution in [1.82, 2.24) is 9.97 Å². The molecular formula is C6H5Cl5N2OS2. The monoisotopic (exact) mass is 360 g/mol. The van der Waals surface area contributed by atoms with Crippen molar-refractivity contribution in [2.45, 2.75) is 13.7 Å². The van der Waals surface area contributed by atoms with Crippen LogP contribution < -0.4 is 5.56 Å². The molecule has 0 saturated carbocycles. The van der Waals surface area contributed by atoms with Crippen LogP contribution in [0.2, 0.25) is 0 Å². The summed E-state index contributed by atoms with van der Waals surface area (Å²) < 4.78 is -1.36. The first kappa shape index (κ1) is 17.0. The molecule has 3 nitrogen and oxygen atoms in total. The molecule has 1 rings (SSSR count). The van der Waals surface area contributed by atoms with Crippen LogP contribution in [-0.4, -0.2) is 18.5 Å². The smallest absolute Gasteiger partial charge is 0.251 e. The van der Waals surface area contributed by atoms with Gasteiger partial charge in [0.05, 0.1) is 0 Å². The summed E-state index contributed by atoms with van der Waals surface area (Å²) in [6, 6.07) is 1.30. The molecule has 0 fully saturated rings. The van der Waals surface area contributed by atoms with Crippen LogP contribution in [0.25, 0.3) is 0 Å². The summed E-state index contributed by atoms with van der Waals surface area (Å²) in [5.74, 6) is 0. The Hall–Kier alpha value is 1.03. The van der Waals surface area contributed by atoms with E-state index in [0.29, 0.717) is 5.16 Å². The van der Waals surface area contributed by atoms with Gasteiger partial charge in [-0.05, 0) is 21.6 Å². The molecule has 0 unspecified atom stereocenters. The number of rotatable bonds is 4. The van der Waals surface area contributed by atoms with E-state index >= 15 is 0 Å². The van der Waals surface area contributed by atoms with Crippen LogP contribution in [0.15, 0.2) is 22.2 Å². The number of nitrogens with zero attached hydrogens (tertiary/aromatic N) is 1. The molecule has 0 atom stereocenters. The number of alkyl halides is 4. The van der Waals surface area contributed by atoms with Crippen molar-refractivity contribution in [1.29, 1.82) is 0 Å². The number of hydrogen-bond donors (Lipinski definition) is 1. The lowest BCUT2D eigenvalue weighted by molar-refractivity contribution is 0.942. The first-order chi connectivity index (χ1) is 6.92. The summed E-state index contributed by atoms with van der Waals surface area (Å²) in [6.45, 7) is 0. The number of nitrogens with one attached hydrogen (secondary N) is 1. The van der Waals surface area contributed by atoms with Crippen molar-refractivity contribution in [3.8, 4) is 0 Å². The third kappa shape index (κ3) is 5.58.